The van der Waals surface area contributed by atoms with Crippen molar-refractivity contribution in [3.8, 4) is 0 Å². The summed E-state index contributed by atoms with van der Waals surface area (Å²) in [7, 11) is 0. The van der Waals surface area contributed by atoms with E-state index >= 15 is 0 Å². The van der Waals surface area contributed by atoms with Crippen LogP contribution in [0.2, 0.25) is 0 Å². The second-order valence-corrected chi connectivity index (χ2v) is 7.52. The summed E-state index contributed by atoms with van der Waals surface area (Å²) in [6.07, 6.45) is 1.65. The van der Waals surface area contributed by atoms with Crippen LogP contribution in [0.4, 0.5) is 21.7 Å². The molecule has 9 heteroatoms. The first kappa shape index (κ1) is 20.0. The van der Waals surface area contributed by atoms with E-state index in [9.17, 15) is 9.18 Å². The van der Waals surface area contributed by atoms with Crippen molar-refractivity contribution in [3.05, 3.63) is 41.2 Å². The highest BCUT2D eigenvalue weighted by atomic mass is 32.1. The molecule has 0 saturated carbocycles. The number of amides is 1. The summed E-state index contributed by atoms with van der Waals surface area (Å²) in [5.41, 5.74) is 14.6. The maximum absolute atomic E-state index is 14.5. The minimum absolute atomic E-state index is 0.0259. The number of carbonyl (C=O) groups is 1. The lowest BCUT2D eigenvalue weighted by Crippen LogP contribution is -2.38. The lowest BCUT2D eigenvalue weighted by molar-refractivity contribution is 0.100. The summed E-state index contributed by atoms with van der Waals surface area (Å²) in [4.78, 5) is 20.4. The van der Waals surface area contributed by atoms with Crippen LogP contribution >= 0.6 is 11.3 Å². The minimum atomic E-state index is -0.771. The quantitative estimate of drug-likeness (QED) is 0.457. The number of hydrogen-bond acceptors (Lipinski definition) is 7. The van der Waals surface area contributed by atoms with Crippen LogP contribution in [0.5, 0.6) is 0 Å². The number of carbonyl (C=O) groups excluding carboxylic acids is 1. The van der Waals surface area contributed by atoms with Crippen LogP contribution in [0.25, 0.3) is 10.2 Å². The fourth-order valence-corrected chi connectivity index (χ4v) is 3.56. The van der Waals surface area contributed by atoms with E-state index in [1.807, 2.05) is 32.0 Å². The molecule has 2 aromatic heterocycles. The Kier molecular flexibility index (Phi) is 6.05. The number of nitrogens with zero attached hydrogens (tertiary/aromatic N) is 2. The first-order chi connectivity index (χ1) is 13.4. The number of fused-ring (bicyclic) bond motifs is 1. The molecule has 3 rings (SSSR count). The first-order valence-corrected chi connectivity index (χ1v) is 9.89. The number of nitrogens with one attached hydrogen (secondary N) is 2. The highest BCUT2D eigenvalue weighted by molar-refractivity contribution is 7.16. The summed E-state index contributed by atoms with van der Waals surface area (Å²) in [5.74, 6) is -1.23. The van der Waals surface area contributed by atoms with Crippen molar-refractivity contribution in [3.63, 3.8) is 0 Å². The average molecular weight is 402 g/mol. The monoisotopic (exact) mass is 402 g/mol. The van der Waals surface area contributed by atoms with Crippen LogP contribution in [0, 0.1) is 5.82 Å². The Hall–Kier alpha value is -2.78. The van der Waals surface area contributed by atoms with E-state index in [1.54, 1.807) is 5.51 Å². The Balaban J connectivity index is 1.96. The highest BCUT2D eigenvalue weighted by Gasteiger charge is 2.20. The SMILES string of the molecule is CCC[C@@H](Nc1nc(Nc2ccc3scnc3c2)c(C(N)=O)cc1F)[C@H](C)N. The van der Waals surface area contributed by atoms with E-state index in [0.29, 0.717) is 5.69 Å². The smallest absolute Gasteiger partial charge is 0.252 e. The van der Waals surface area contributed by atoms with Gasteiger partial charge < -0.3 is 22.1 Å². The number of anilines is 3. The molecule has 7 nitrogen and oxygen atoms in total. The van der Waals surface area contributed by atoms with Gasteiger partial charge in [-0.2, -0.15) is 0 Å². The summed E-state index contributed by atoms with van der Waals surface area (Å²) >= 11 is 1.53. The number of aromatic nitrogens is 2. The van der Waals surface area contributed by atoms with Crippen LogP contribution in [-0.4, -0.2) is 28.0 Å². The Bertz CT molecular complexity index is 990. The van der Waals surface area contributed by atoms with E-state index < -0.39 is 11.7 Å². The van der Waals surface area contributed by atoms with Gasteiger partial charge >= 0.3 is 0 Å². The fourth-order valence-electron chi connectivity index (χ4n) is 2.90. The van der Waals surface area contributed by atoms with Crippen molar-refractivity contribution < 1.29 is 9.18 Å². The minimum Gasteiger partial charge on any atom is -0.365 e. The van der Waals surface area contributed by atoms with E-state index in [4.69, 9.17) is 11.5 Å². The van der Waals surface area contributed by atoms with Gasteiger partial charge in [-0.1, -0.05) is 13.3 Å². The van der Waals surface area contributed by atoms with Crippen molar-refractivity contribution in [2.24, 2.45) is 11.5 Å². The highest BCUT2D eigenvalue weighted by Crippen LogP contribution is 2.27. The summed E-state index contributed by atoms with van der Waals surface area (Å²) in [5, 5.41) is 6.10. The van der Waals surface area contributed by atoms with Crippen molar-refractivity contribution in [1.82, 2.24) is 9.97 Å². The van der Waals surface area contributed by atoms with Gasteiger partial charge in [-0.25, -0.2) is 14.4 Å². The number of nitrogens with two attached hydrogens (primary N) is 2. The molecule has 148 valence electrons. The molecule has 0 bridgehead atoms. The number of thiazole rings is 1. The Morgan fingerprint density at radius 1 is 1.32 bits per heavy atom. The molecule has 0 aliphatic heterocycles. The van der Waals surface area contributed by atoms with Gasteiger partial charge in [0.05, 0.1) is 21.3 Å². The van der Waals surface area contributed by atoms with Gasteiger partial charge in [0.15, 0.2) is 11.6 Å². The molecule has 0 aliphatic carbocycles. The van der Waals surface area contributed by atoms with Gasteiger partial charge in [-0.05, 0) is 37.6 Å². The summed E-state index contributed by atoms with van der Waals surface area (Å²) in [6.45, 7) is 3.88. The summed E-state index contributed by atoms with van der Waals surface area (Å²) in [6, 6.07) is 6.33. The number of pyridine rings is 1. The Morgan fingerprint density at radius 2 is 2.11 bits per heavy atom. The number of hydrogen-bond donors (Lipinski definition) is 4. The van der Waals surface area contributed by atoms with Gasteiger partial charge in [-0.3, -0.25) is 4.79 Å². The maximum atomic E-state index is 14.5. The molecular weight excluding hydrogens is 379 g/mol. The van der Waals surface area contributed by atoms with Gasteiger partial charge in [0.1, 0.15) is 5.82 Å². The van der Waals surface area contributed by atoms with Crippen molar-refractivity contribution in [2.75, 3.05) is 10.6 Å². The van der Waals surface area contributed by atoms with E-state index in [-0.39, 0.29) is 29.3 Å². The Morgan fingerprint density at radius 3 is 2.79 bits per heavy atom. The molecule has 2 atom stereocenters. The van der Waals surface area contributed by atoms with Gasteiger partial charge in [0.2, 0.25) is 0 Å². The number of rotatable bonds is 8. The molecule has 0 unspecified atom stereocenters. The fraction of sp³-hybridized carbons (Fsp3) is 0.316. The number of primary amides is 1. The normalized spacial score (nSPS) is 13.3. The van der Waals surface area contributed by atoms with E-state index in [0.717, 1.165) is 29.1 Å². The third-order valence-corrected chi connectivity index (χ3v) is 5.20. The van der Waals surface area contributed by atoms with Crippen LogP contribution in [0.15, 0.2) is 29.8 Å². The second-order valence-electron chi connectivity index (χ2n) is 6.64. The molecule has 0 radical (unpaired) electrons. The Labute approximate surface area is 166 Å². The lowest BCUT2D eigenvalue weighted by Gasteiger charge is -2.23. The van der Waals surface area contributed by atoms with Crippen LogP contribution in [0.3, 0.4) is 0 Å². The lowest BCUT2D eigenvalue weighted by atomic mass is 10.1. The molecule has 0 fully saturated rings. The molecule has 0 aliphatic rings. The standard InChI is InChI=1S/C19H23FN6OS/c1-3-4-14(10(2)21)25-19-13(20)8-12(17(22)27)18(26-19)24-11-5-6-16-15(7-11)23-9-28-16/h5-10,14H,3-4,21H2,1-2H3,(H2,22,27)(H2,24,25,26)/t10-,14+/m0/s1. The molecule has 1 aromatic carbocycles. The average Bonchev–Trinajstić information content (AvgIpc) is 3.11. The van der Waals surface area contributed by atoms with Crippen LogP contribution in [0.1, 0.15) is 37.0 Å². The molecule has 2 heterocycles. The number of benzene rings is 1. The predicted octanol–water partition coefficient (Wildman–Crippen LogP) is 3.60. The first-order valence-electron chi connectivity index (χ1n) is 9.01. The van der Waals surface area contributed by atoms with Gasteiger partial charge in [0.25, 0.3) is 5.91 Å². The molecule has 1 amide bonds. The maximum Gasteiger partial charge on any atom is 0.252 e. The molecule has 3 aromatic rings. The molecular formula is C19H23FN6OS. The molecule has 0 saturated heterocycles. The van der Waals surface area contributed by atoms with E-state index in [1.165, 1.54) is 11.3 Å². The zero-order valence-electron chi connectivity index (χ0n) is 15.7. The third-order valence-electron chi connectivity index (χ3n) is 4.39. The molecule has 6 N–H and O–H groups in total. The summed E-state index contributed by atoms with van der Waals surface area (Å²) < 4.78 is 15.6. The molecule has 0 spiro atoms. The van der Waals surface area contributed by atoms with Crippen molar-refractivity contribution in [2.45, 2.75) is 38.8 Å². The zero-order chi connectivity index (χ0) is 20.3. The van der Waals surface area contributed by atoms with Crippen LogP contribution in [-0.2, 0) is 0 Å². The van der Waals surface area contributed by atoms with Crippen LogP contribution < -0.4 is 22.1 Å². The third kappa shape index (κ3) is 4.37. The largest absolute Gasteiger partial charge is 0.365 e. The zero-order valence-corrected chi connectivity index (χ0v) is 16.5. The predicted molar refractivity (Wildman–Crippen MR) is 112 cm³/mol. The van der Waals surface area contributed by atoms with Gasteiger partial charge in [0, 0.05) is 17.8 Å². The van der Waals surface area contributed by atoms with Crippen molar-refractivity contribution >= 4 is 44.8 Å². The second kappa shape index (κ2) is 8.49. The van der Waals surface area contributed by atoms with Gasteiger partial charge in [-0.15, -0.1) is 11.3 Å². The molecule has 28 heavy (non-hydrogen) atoms. The van der Waals surface area contributed by atoms with E-state index in [2.05, 4.69) is 20.6 Å². The topological polar surface area (TPSA) is 119 Å². The number of halogens is 1. The van der Waals surface area contributed by atoms with Crippen molar-refractivity contribution in [1.29, 1.82) is 0 Å².